The number of benzene rings is 2. The van der Waals surface area contributed by atoms with Crippen molar-refractivity contribution < 1.29 is 17.6 Å². The molecule has 128 valence electrons. The Hall–Kier alpha value is -1.77. The summed E-state index contributed by atoms with van der Waals surface area (Å²) >= 11 is 3.35. The predicted octanol–water partition coefficient (Wildman–Crippen LogP) is 3.40. The van der Waals surface area contributed by atoms with E-state index in [-0.39, 0.29) is 10.5 Å². The van der Waals surface area contributed by atoms with Crippen LogP contribution < -0.4 is 5.32 Å². The third-order valence-electron chi connectivity index (χ3n) is 3.38. The topological polar surface area (TPSA) is 66.5 Å². The van der Waals surface area contributed by atoms with E-state index in [1.54, 1.807) is 18.2 Å². The quantitative estimate of drug-likeness (QED) is 0.833. The zero-order valence-electron chi connectivity index (χ0n) is 13.3. The Bertz CT molecular complexity index is 898. The van der Waals surface area contributed by atoms with E-state index < -0.39 is 21.7 Å². The van der Waals surface area contributed by atoms with Crippen LogP contribution in [0.25, 0.3) is 0 Å². The maximum absolute atomic E-state index is 14.0. The monoisotopic (exact) mass is 414 g/mol. The second kappa shape index (κ2) is 7.00. The van der Waals surface area contributed by atoms with E-state index in [4.69, 9.17) is 0 Å². The molecule has 0 heterocycles. The molecule has 1 amide bonds. The molecule has 0 aliphatic rings. The van der Waals surface area contributed by atoms with Crippen LogP contribution in [0.15, 0.2) is 45.8 Å². The Balaban J connectivity index is 2.37. The summed E-state index contributed by atoms with van der Waals surface area (Å²) in [7, 11) is -1.03. The zero-order chi connectivity index (χ0) is 18.1. The van der Waals surface area contributed by atoms with Crippen molar-refractivity contribution in [2.45, 2.75) is 11.8 Å². The van der Waals surface area contributed by atoms with E-state index in [1.165, 1.54) is 14.1 Å². The number of rotatable bonds is 4. The molecule has 0 fully saturated rings. The number of aryl methyl sites for hydroxylation is 1. The van der Waals surface area contributed by atoms with E-state index >= 15 is 0 Å². The number of hydrogen-bond donors (Lipinski definition) is 1. The molecule has 0 radical (unpaired) electrons. The number of nitrogens with one attached hydrogen (secondary N) is 1. The number of carbonyl (C=O) groups excluding carboxylic acids is 1. The first kappa shape index (κ1) is 18.6. The first-order chi connectivity index (χ1) is 11.1. The lowest BCUT2D eigenvalue weighted by Crippen LogP contribution is -2.23. The number of amides is 1. The maximum Gasteiger partial charge on any atom is 0.258 e. The molecule has 1 N–H and O–H groups in total. The van der Waals surface area contributed by atoms with E-state index in [2.05, 4.69) is 21.2 Å². The van der Waals surface area contributed by atoms with Gasteiger partial charge in [0.2, 0.25) is 10.0 Å². The van der Waals surface area contributed by atoms with Crippen LogP contribution in [-0.4, -0.2) is 32.7 Å². The normalized spacial score (nSPS) is 11.6. The average Bonchev–Trinajstić information content (AvgIpc) is 2.51. The lowest BCUT2D eigenvalue weighted by Gasteiger charge is -2.13. The van der Waals surface area contributed by atoms with Crippen molar-refractivity contribution >= 4 is 37.5 Å². The summed E-state index contributed by atoms with van der Waals surface area (Å²) in [5.74, 6) is -1.51. The van der Waals surface area contributed by atoms with E-state index in [0.29, 0.717) is 5.69 Å². The molecule has 0 saturated heterocycles. The van der Waals surface area contributed by atoms with Crippen molar-refractivity contribution in [3.05, 3.63) is 57.8 Å². The van der Waals surface area contributed by atoms with Crippen molar-refractivity contribution in [3.8, 4) is 0 Å². The van der Waals surface area contributed by atoms with Crippen molar-refractivity contribution in [3.63, 3.8) is 0 Å². The fourth-order valence-electron chi connectivity index (χ4n) is 1.97. The van der Waals surface area contributed by atoms with Gasteiger partial charge in [-0.1, -0.05) is 15.9 Å². The molecule has 24 heavy (non-hydrogen) atoms. The van der Waals surface area contributed by atoms with Gasteiger partial charge in [-0.25, -0.2) is 17.1 Å². The fourth-order valence-corrected chi connectivity index (χ4v) is 3.15. The van der Waals surface area contributed by atoms with Crippen LogP contribution in [0.1, 0.15) is 15.9 Å². The van der Waals surface area contributed by atoms with E-state index in [1.807, 2.05) is 6.92 Å². The summed E-state index contributed by atoms with van der Waals surface area (Å²) < 4.78 is 40.1. The maximum atomic E-state index is 14.0. The van der Waals surface area contributed by atoms with Gasteiger partial charge in [-0.15, -0.1) is 0 Å². The highest BCUT2D eigenvalue weighted by Crippen LogP contribution is 2.22. The molecular formula is C16H16BrFN2O3S. The SMILES string of the molecule is Cc1cc(NC(=O)c2cc(S(=O)(=O)N(C)C)ccc2F)ccc1Br. The van der Waals surface area contributed by atoms with Gasteiger partial charge in [-0.05, 0) is 48.9 Å². The molecule has 2 rings (SSSR count). The standard InChI is InChI=1S/C16H16BrFN2O3S/c1-10-8-11(4-6-14(10)17)19-16(21)13-9-12(5-7-15(13)18)24(22,23)20(2)3/h4-9H,1-3H3,(H,19,21). The molecule has 0 saturated carbocycles. The van der Waals surface area contributed by atoms with Crippen molar-refractivity contribution in [2.24, 2.45) is 0 Å². The number of hydrogen-bond acceptors (Lipinski definition) is 3. The van der Waals surface area contributed by atoms with Gasteiger partial charge in [0.05, 0.1) is 10.5 Å². The number of nitrogens with zero attached hydrogens (tertiary/aromatic N) is 1. The summed E-state index contributed by atoms with van der Waals surface area (Å²) in [6, 6.07) is 8.27. The van der Waals surface area contributed by atoms with Crippen LogP contribution in [0.3, 0.4) is 0 Å². The molecule has 0 atom stereocenters. The third kappa shape index (κ3) is 3.82. The summed E-state index contributed by atoms with van der Waals surface area (Å²) in [4.78, 5) is 12.2. The zero-order valence-corrected chi connectivity index (χ0v) is 15.7. The molecular weight excluding hydrogens is 399 g/mol. The molecule has 0 bridgehead atoms. The van der Waals surface area contributed by atoms with E-state index in [0.717, 1.165) is 32.5 Å². The van der Waals surface area contributed by atoms with Gasteiger partial charge < -0.3 is 5.32 Å². The summed E-state index contributed by atoms with van der Waals surface area (Å²) in [6.45, 7) is 1.85. The fraction of sp³-hybridized carbons (Fsp3) is 0.188. The first-order valence-electron chi connectivity index (χ1n) is 6.92. The van der Waals surface area contributed by atoms with Gasteiger partial charge in [0, 0.05) is 24.3 Å². The Kier molecular flexibility index (Phi) is 5.42. The average molecular weight is 415 g/mol. The predicted molar refractivity (Wildman–Crippen MR) is 94.1 cm³/mol. The van der Waals surface area contributed by atoms with E-state index in [9.17, 15) is 17.6 Å². The minimum Gasteiger partial charge on any atom is -0.322 e. The second-order valence-electron chi connectivity index (χ2n) is 5.35. The number of anilines is 1. The van der Waals surface area contributed by atoms with Crippen molar-refractivity contribution in [2.75, 3.05) is 19.4 Å². The minimum atomic E-state index is -3.75. The largest absolute Gasteiger partial charge is 0.322 e. The molecule has 2 aromatic rings. The first-order valence-corrected chi connectivity index (χ1v) is 9.16. The Morgan fingerprint density at radius 1 is 1.17 bits per heavy atom. The molecule has 0 spiro atoms. The molecule has 0 aromatic heterocycles. The minimum absolute atomic E-state index is 0.147. The van der Waals surface area contributed by atoms with Crippen LogP contribution >= 0.6 is 15.9 Å². The Morgan fingerprint density at radius 2 is 1.83 bits per heavy atom. The summed E-state index contributed by atoms with van der Waals surface area (Å²) in [5, 5.41) is 2.57. The second-order valence-corrected chi connectivity index (χ2v) is 8.35. The molecule has 0 aliphatic carbocycles. The summed E-state index contributed by atoms with van der Waals surface area (Å²) in [5.41, 5.74) is 1.05. The number of sulfonamides is 1. The highest BCUT2D eigenvalue weighted by molar-refractivity contribution is 9.10. The van der Waals surface area contributed by atoms with Crippen LogP contribution in [0.4, 0.5) is 10.1 Å². The number of halogens is 2. The Labute approximate surface area is 148 Å². The molecule has 0 aliphatic heterocycles. The van der Waals surface area contributed by atoms with Gasteiger partial charge in [0.1, 0.15) is 5.82 Å². The van der Waals surface area contributed by atoms with Crippen molar-refractivity contribution in [1.29, 1.82) is 0 Å². The molecule has 2 aromatic carbocycles. The van der Waals surface area contributed by atoms with Gasteiger partial charge in [0.25, 0.3) is 5.91 Å². The van der Waals surface area contributed by atoms with Gasteiger partial charge >= 0.3 is 0 Å². The van der Waals surface area contributed by atoms with Gasteiger partial charge in [-0.2, -0.15) is 0 Å². The van der Waals surface area contributed by atoms with Gasteiger partial charge in [0.15, 0.2) is 0 Å². The van der Waals surface area contributed by atoms with Crippen LogP contribution in [0, 0.1) is 12.7 Å². The Morgan fingerprint density at radius 3 is 2.42 bits per heavy atom. The molecule has 8 heteroatoms. The number of carbonyl (C=O) groups is 1. The van der Waals surface area contributed by atoms with Crippen LogP contribution in [-0.2, 0) is 10.0 Å². The van der Waals surface area contributed by atoms with Crippen LogP contribution in [0.5, 0.6) is 0 Å². The highest BCUT2D eigenvalue weighted by Gasteiger charge is 2.21. The lowest BCUT2D eigenvalue weighted by molar-refractivity contribution is 0.102. The van der Waals surface area contributed by atoms with Crippen molar-refractivity contribution in [1.82, 2.24) is 4.31 Å². The molecule has 5 nitrogen and oxygen atoms in total. The van der Waals surface area contributed by atoms with Crippen LogP contribution in [0.2, 0.25) is 0 Å². The molecule has 0 unspecified atom stereocenters. The smallest absolute Gasteiger partial charge is 0.258 e. The lowest BCUT2D eigenvalue weighted by atomic mass is 10.1. The third-order valence-corrected chi connectivity index (χ3v) is 6.08. The highest BCUT2D eigenvalue weighted by atomic mass is 79.9. The summed E-state index contributed by atoms with van der Waals surface area (Å²) in [6.07, 6.45) is 0. The van der Waals surface area contributed by atoms with Gasteiger partial charge in [-0.3, -0.25) is 4.79 Å².